The molecule has 1 radical (unpaired) electrons. The number of allylic oxidation sites excluding steroid dienone is 1. The Morgan fingerprint density at radius 2 is 2.11 bits per heavy atom. The summed E-state index contributed by atoms with van der Waals surface area (Å²) in [4.78, 5) is 13.5. The number of carbonyl (C=O) groups is 1. The number of nitrogens with zero attached hydrogens (tertiary/aromatic N) is 1. The van der Waals surface area contributed by atoms with Gasteiger partial charge >= 0.3 is 0 Å². The van der Waals surface area contributed by atoms with Gasteiger partial charge < -0.3 is 4.90 Å². The second kappa shape index (κ2) is 6.97. The predicted molar refractivity (Wildman–Crippen MR) is 72.6 cm³/mol. The van der Waals surface area contributed by atoms with Crippen molar-refractivity contribution < 1.29 is 37.5 Å². The molecule has 93 valence electrons. The molecular formula is C14H15BrNOY-. The molecule has 1 heterocycles. The maximum atomic E-state index is 11.9. The van der Waals surface area contributed by atoms with Crippen LogP contribution in [0.4, 0.5) is 0 Å². The van der Waals surface area contributed by atoms with Crippen LogP contribution in [0.15, 0.2) is 24.3 Å². The van der Waals surface area contributed by atoms with Crippen LogP contribution in [0.1, 0.15) is 24.5 Å². The molecule has 18 heavy (non-hydrogen) atoms. The molecule has 0 saturated carbocycles. The van der Waals surface area contributed by atoms with Gasteiger partial charge in [0.25, 0.3) is 0 Å². The largest absolute Gasteiger partial charge is 0.350 e. The monoisotopic (exact) mass is 381 g/mol. The van der Waals surface area contributed by atoms with Crippen LogP contribution in [-0.4, -0.2) is 22.7 Å². The van der Waals surface area contributed by atoms with E-state index in [2.05, 4.69) is 41.1 Å². The molecule has 1 atom stereocenters. The van der Waals surface area contributed by atoms with Gasteiger partial charge in [-0.25, -0.2) is 6.08 Å². The van der Waals surface area contributed by atoms with Crippen LogP contribution >= 0.6 is 15.9 Å². The maximum absolute atomic E-state index is 11.9. The van der Waals surface area contributed by atoms with Crippen molar-refractivity contribution in [1.29, 1.82) is 0 Å². The van der Waals surface area contributed by atoms with Crippen LogP contribution in [0, 0.1) is 6.08 Å². The SMILES string of the molecule is CCc1ccccc1C1=[C-]CC(Br)C(=O)N1C.[Y]. The molecule has 1 aromatic carbocycles. The minimum atomic E-state index is -0.134. The number of amides is 1. The van der Waals surface area contributed by atoms with E-state index in [4.69, 9.17) is 0 Å². The van der Waals surface area contributed by atoms with E-state index in [0.717, 1.165) is 17.7 Å². The van der Waals surface area contributed by atoms with Crippen molar-refractivity contribution in [2.75, 3.05) is 7.05 Å². The van der Waals surface area contributed by atoms with Crippen molar-refractivity contribution in [1.82, 2.24) is 4.90 Å². The molecule has 2 rings (SSSR count). The van der Waals surface area contributed by atoms with Gasteiger partial charge in [-0.1, -0.05) is 47.5 Å². The zero-order valence-corrected chi connectivity index (χ0v) is 15.0. The zero-order chi connectivity index (χ0) is 12.4. The summed E-state index contributed by atoms with van der Waals surface area (Å²) in [5.74, 6) is 0.102. The summed E-state index contributed by atoms with van der Waals surface area (Å²) < 4.78 is 0. The van der Waals surface area contributed by atoms with E-state index in [-0.39, 0.29) is 43.4 Å². The van der Waals surface area contributed by atoms with Gasteiger partial charge in [0.1, 0.15) is 0 Å². The van der Waals surface area contributed by atoms with Crippen molar-refractivity contribution in [3.63, 3.8) is 0 Å². The Labute approximate surface area is 142 Å². The summed E-state index contributed by atoms with van der Waals surface area (Å²) in [7, 11) is 1.81. The second-order valence-corrected chi connectivity index (χ2v) is 5.21. The van der Waals surface area contributed by atoms with Gasteiger partial charge in [-0.05, 0) is 6.42 Å². The smallest absolute Gasteiger partial charge is 0.236 e. The standard InChI is InChI=1S/C14H15BrNO.Y/c1-3-10-6-4-5-7-11(10)13-9-8-12(15)14(17)16(13)2;/h4-7,12H,3,8H2,1-2H3;/q-1;. The van der Waals surface area contributed by atoms with Gasteiger partial charge in [-0.2, -0.15) is 0 Å². The van der Waals surface area contributed by atoms with Crippen LogP contribution in [0.25, 0.3) is 5.70 Å². The van der Waals surface area contributed by atoms with E-state index in [0.29, 0.717) is 6.42 Å². The third-order valence-electron chi connectivity index (χ3n) is 3.04. The molecule has 0 bridgehead atoms. The normalized spacial score (nSPS) is 19.3. The van der Waals surface area contributed by atoms with Crippen molar-refractivity contribution >= 4 is 27.5 Å². The Hall–Kier alpha value is 0.0139. The number of carbonyl (C=O) groups excluding carboxylic acids is 1. The first-order valence-corrected chi connectivity index (χ1v) is 6.67. The van der Waals surface area contributed by atoms with Crippen molar-refractivity contribution in [2.24, 2.45) is 0 Å². The first kappa shape index (κ1) is 16.1. The molecule has 0 N–H and O–H groups in total. The van der Waals surface area contributed by atoms with E-state index >= 15 is 0 Å². The van der Waals surface area contributed by atoms with E-state index in [1.807, 2.05) is 19.2 Å². The first-order valence-electron chi connectivity index (χ1n) is 5.76. The third-order valence-corrected chi connectivity index (χ3v) is 3.75. The molecule has 1 aromatic rings. The van der Waals surface area contributed by atoms with E-state index in [1.165, 1.54) is 5.56 Å². The van der Waals surface area contributed by atoms with Gasteiger partial charge in [0.15, 0.2) is 0 Å². The molecule has 0 aromatic heterocycles. The Morgan fingerprint density at radius 1 is 1.44 bits per heavy atom. The van der Waals surface area contributed by atoms with Crippen LogP contribution < -0.4 is 0 Å². The van der Waals surface area contributed by atoms with Crippen LogP contribution in [0.5, 0.6) is 0 Å². The molecule has 1 aliphatic heterocycles. The van der Waals surface area contributed by atoms with E-state index in [9.17, 15) is 4.79 Å². The summed E-state index contributed by atoms with van der Waals surface area (Å²) in [5, 5.41) is 0. The fourth-order valence-electron chi connectivity index (χ4n) is 2.05. The molecular weight excluding hydrogens is 367 g/mol. The Balaban J connectivity index is 0.00000162. The summed E-state index contributed by atoms with van der Waals surface area (Å²) in [6, 6.07) is 8.19. The molecule has 4 heteroatoms. The van der Waals surface area contributed by atoms with E-state index in [1.54, 1.807) is 4.90 Å². The summed E-state index contributed by atoms with van der Waals surface area (Å²) in [6.07, 6.45) is 4.91. The Morgan fingerprint density at radius 3 is 2.78 bits per heavy atom. The molecule has 0 saturated heterocycles. The van der Waals surface area contributed by atoms with Crippen molar-refractivity contribution in [3.05, 3.63) is 41.5 Å². The fraction of sp³-hybridized carbons (Fsp3) is 0.357. The molecule has 2 nitrogen and oxygen atoms in total. The topological polar surface area (TPSA) is 20.3 Å². The predicted octanol–water partition coefficient (Wildman–Crippen LogP) is 3.02. The van der Waals surface area contributed by atoms with Crippen molar-refractivity contribution in [3.8, 4) is 0 Å². The average Bonchev–Trinajstić information content (AvgIpc) is 2.36. The number of rotatable bonds is 2. The minimum absolute atomic E-state index is 0. The maximum Gasteiger partial charge on any atom is 0.236 e. The number of hydrogen-bond donors (Lipinski definition) is 0. The molecule has 0 aliphatic carbocycles. The van der Waals surface area contributed by atoms with Crippen LogP contribution in [0.3, 0.4) is 0 Å². The Bertz CT molecular complexity index is 473. The number of hydrogen-bond acceptors (Lipinski definition) is 1. The number of alkyl halides is 1. The molecule has 1 unspecified atom stereocenters. The summed E-state index contributed by atoms with van der Waals surface area (Å²) >= 11 is 3.36. The van der Waals surface area contributed by atoms with Gasteiger partial charge in [0.05, 0.1) is 4.83 Å². The van der Waals surface area contributed by atoms with Gasteiger partial charge in [-0.3, -0.25) is 4.79 Å². The summed E-state index contributed by atoms with van der Waals surface area (Å²) in [5.41, 5.74) is 3.27. The number of halogens is 1. The first-order chi connectivity index (χ1) is 8.15. The van der Waals surface area contributed by atoms with Gasteiger partial charge in [-0.15, -0.1) is 22.9 Å². The number of benzene rings is 1. The summed E-state index contributed by atoms with van der Waals surface area (Å²) in [6.45, 7) is 2.12. The number of aryl methyl sites for hydroxylation is 1. The zero-order valence-electron chi connectivity index (χ0n) is 10.6. The Kier molecular flexibility index (Phi) is 6.23. The minimum Gasteiger partial charge on any atom is -0.350 e. The van der Waals surface area contributed by atoms with Crippen molar-refractivity contribution in [2.45, 2.75) is 24.6 Å². The second-order valence-electron chi connectivity index (χ2n) is 4.10. The van der Waals surface area contributed by atoms with Gasteiger partial charge in [0.2, 0.25) is 5.91 Å². The van der Waals surface area contributed by atoms with Gasteiger partial charge in [0, 0.05) is 39.8 Å². The quantitative estimate of drug-likeness (QED) is 0.569. The molecule has 1 aliphatic rings. The molecule has 0 fully saturated rings. The average molecular weight is 382 g/mol. The molecule has 0 spiro atoms. The molecule has 1 amide bonds. The van der Waals surface area contributed by atoms with Crippen LogP contribution in [0.2, 0.25) is 0 Å². The fourth-order valence-corrected chi connectivity index (χ4v) is 2.52. The van der Waals surface area contributed by atoms with E-state index < -0.39 is 0 Å². The third kappa shape index (κ3) is 3.12. The van der Waals surface area contributed by atoms with Crippen LogP contribution in [-0.2, 0) is 43.9 Å².